The van der Waals surface area contributed by atoms with Crippen molar-refractivity contribution >= 4 is 17.4 Å². The number of rotatable bonds is 8. The molecule has 1 aromatic carbocycles. The number of benzene rings is 1. The Hall–Kier alpha value is -1.62. The van der Waals surface area contributed by atoms with E-state index in [-0.39, 0.29) is 0 Å². The van der Waals surface area contributed by atoms with E-state index in [2.05, 4.69) is 63.8 Å². The molecule has 2 heterocycles. The van der Waals surface area contributed by atoms with E-state index in [0.717, 1.165) is 44.4 Å². The zero-order valence-corrected chi connectivity index (χ0v) is 21.2. The van der Waals surface area contributed by atoms with Crippen LogP contribution in [0, 0.1) is 12.8 Å². The summed E-state index contributed by atoms with van der Waals surface area (Å²) in [5.41, 5.74) is 4.02. The van der Waals surface area contributed by atoms with E-state index in [9.17, 15) is 0 Å². The molecule has 1 aromatic heterocycles. The van der Waals surface area contributed by atoms with Crippen molar-refractivity contribution in [2.75, 3.05) is 40.0 Å². The molecular formula is C27H41NO2S. The van der Waals surface area contributed by atoms with E-state index < -0.39 is 0 Å². The number of hydrogen-bond acceptors (Lipinski definition) is 4. The Morgan fingerprint density at radius 1 is 1.19 bits per heavy atom. The number of morpholine rings is 1. The van der Waals surface area contributed by atoms with Crippen LogP contribution in [-0.4, -0.2) is 44.9 Å². The summed E-state index contributed by atoms with van der Waals surface area (Å²) in [6.45, 7) is 16.5. The van der Waals surface area contributed by atoms with Gasteiger partial charge in [0.1, 0.15) is 5.75 Å². The van der Waals surface area contributed by atoms with Crippen molar-refractivity contribution in [3.8, 4) is 5.75 Å². The van der Waals surface area contributed by atoms with Crippen molar-refractivity contribution in [2.24, 2.45) is 5.92 Å². The Balaban J connectivity index is 0.000000245. The third kappa shape index (κ3) is 9.59. The van der Waals surface area contributed by atoms with Gasteiger partial charge in [-0.15, -0.1) is 11.3 Å². The number of aryl methyl sites for hydroxylation is 1. The van der Waals surface area contributed by atoms with E-state index in [1.807, 2.05) is 23.5 Å². The molecule has 0 N–H and O–H groups in total. The average molecular weight is 444 g/mol. The van der Waals surface area contributed by atoms with Gasteiger partial charge < -0.3 is 9.47 Å². The van der Waals surface area contributed by atoms with Crippen molar-refractivity contribution in [3.05, 3.63) is 56.8 Å². The monoisotopic (exact) mass is 443 g/mol. The highest BCUT2D eigenvalue weighted by atomic mass is 32.1. The van der Waals surface area contributed by atoms with Crippen molar-refractivity contribution in [2.45, 2.75) is 53.9 Å². The molecule has 4 heteroatoms. The van der Waals surface area contributed by atoms with Gasteiger partial charge >= 0.3 is 0 Å². The molecule has 0 saturated carbocycles. The number of methoxy groups -OCH3 is 1. The van der Waals surface area contributed by atoms with Gasteiger partial charge in [-0.05, 0) is 69.0 Å². The van der Waals surface area contributed by atoms with Crippen LogP contribution in [0.1, 0.15) is 61.4 Å². The second kappa shape index (κ2) is 13.7. The Bertz CT molecular complexity index is 784. The first kappa shape index (κ1) is 25.6. The van der Waals surface area contributed by atoms with E-state index in [1.165, 1.54) is 45.8 Å². The van der Waals surface area contributed by atoms with Crippen LogP contribution < -0.4 is 4.74 Å². The highest BCUT2D eigenvalue weighted by molar-refractivity contribution is 7.12. The van der Waals surface area contributed by atoms with Gasteiger partial charge in [-0.3, -0.25) is 4.90 Å². The van der Waals surface area contributed by atoms with Crippen molar-refractivity contribution in [1.29, 1.82) is 0 Å². The minimum absolute atomic E-state index is 0.882. The van der Waals surface area contributed by atoms with Crippen molar-refractivity contribution < 1.29 is 9.47 Å². The first-order valence-corrected chi connectivity index (χ1v) is 12.4. The molecule has 31 heavy (non-hydrogen) atoms. The van der Waals surface area contributed by atoms with Gasteiger partial charge in [0.25, 0.3) is 0 Å². The van der Waals surface area contributed by atoms with Crippen molar-refractivity contribution in [3.63, 3.8) is 0 Å². The predicted molar refractivity (Wildman–Crippen MR) is 136 cm³/mol. The second-order valence-corrected chi connectivity index (χ2v) is 10.1. The first-order chi connectivity index (χ1) is 14.9. The highest BCUT2D eigenvalue weighted by Gasteiger charge is 2.10. The molecule has 3 nitrogen and oxygen atoms in total. The molecule has 0 bridgehead atoms. The Morgan fingerprint density at radius 3 is 2.45 bits per heavy atom. The fourth-order valence-electron chi connectivity index (χ4n) is 3.48. The molecule has 3 rings (SSSR count). The topological polar surface area (TPSA) is 21.7 Å². The maximum Gasteiger partial charge on any atom is 0.118 e. The smallest absolute Gasteiger partial charge is 0.118 e. The van der Waals surface area contributed by atoms with E-state index in [4.69, 9.17) is 9.47 Å². The summed E-state index contributed by atoms with van der Waals surface area (Å²) < 4.78 is 10.5. The zero-order chi connectivity index (χ0) is 22.6. The van der Waals surface area contributed by atoms with Gasteiger partial charge in [0.2, 0.25) is 0 Å². The molecule has 172 valence electrons. The van der Waals surface area contributed by atoms with E-state index in [1.54, 1.807) is 7.11 Å². The Kier molecular flexibility index (Phi) is 11.3. The number of ether oxygens (including phenoxy) is 2. The van der Waals surface area contributed by atoms with Crippen LogP contribution in [0.4, 0.5) is 0 Å². The van der Waals surface area contributed by atoms with E-state index in [0.29, 0.717) is 0 Å². The van der Waals surface area contributed by atoms with Crippen molar-refractivity contribution in [1.82, 2.24) is 4.90 Å². The van der Waals surface area contributed by atoms with Gasteiger partial charge in [-0.25, -0.2) is 0 Å². The van der Waals surface area contributed by atoms with Crippen LogP contribution in [0.15, 0.2) is 35.9 Å². The lowest BCUT2D eigenvalue weighted by atomic mass is 10.1. The van der Waals surface area contributed by atoms with Gasteiger partial charge in [0.15, 0.2) is 0 Å². The molecular weight excluding hydrogens is 402 g/mol. The second-order valence-electron chi connectivity index (χ2n) is 8.73. The molecule has 1 unspecified atom stereocenters. The third-order valence-corrected chi connectivity index (χ3v) is 6.79. The summed E-state index contributed by atoms with van der Waals surface area (Å²) in [4.78, 5) is 5.32. The molecule has 1 saturated heterocycles. The minimum Gasteiger partial charge on any atom is -0.497 e. The summed E-state index contributed by atoms with van der Waals surface area (Å²) in [6.07, 6.45) is 5.90. The molecule has 1 fully saturated rings. The van der Waals surface area contributed by atoms with Crippen LogP contribution in [0.2, 0.25) is 0 Å². The van der Waals surface area contributed by atoms with E-state index >= 15 is 0 Å². The Morgan fingerprint density at radius 2 is 1.87 bits per heavy atom. The number of allylic oxidation sites excluding steroid dienone is 1. The molecule has 1 aliphatic rings. The normalized spacial score (nSPS) is 15.0. The number of hydrogen-bond donors (Lipinski definition) is 0. The van der Waals surface area contributed by atoms with Crippen LogP contribution in [0.5, 0.6) is 5.75 Å². The first-order valence-electron chi connectivity index (χ1n) is 11.6. The maximum absolute atomic E-state index is 5.29. The minimum atomic E-state index is 0.882. The maximum atomic E-state index is 5.29. The van der Waals surface area contributed by atoms with Gasteiger partial charge in [0.05, 0.1) is 20.3 Å². The quantitative estimate of drug-likeness (QED) is 0.446. The summed E-state index contributed by atoms with van der Waals surface area (Å²) in [7, 11) is 1.70. The fraction of sp³-hybridized carbons (Fsp3) is 0.556. The van der Waals surface area contributed by atoms with Gasteiger partial charge in [0, 0.05) is 29.3 Å². The SMILES string of the molecule is CCC(C)CCN1CCOCC1.COc1ccc(Cc2cc(C=C(C)C)c(C)s2)cc1. The van der Waals surface area contributed by atoms with Gasteiger partial charge in [-0.1, -0.05) is 44.1 Å². The third-order valence-electron chi connectivity index (χ3n) is 5.73. The van der Waals surface area contributed by atoms with Gasteiger partial charge in [-0.2, -0.15) is 0 Å². The Labute approximate surface area is 194 Å². The molecule has 0 radical (unpaired) electrons. The molecule has 2 aromatic rings. The standard InChI is InChI=1S/C17H20OS.C10H21NO/c1-12(2)9-15-11-17(19-13(15)3)10-14-5-7-16(18-4)8-6-14;1-3-10(2)4-5-11-6-8-12-9-7-11/h5-9,11H,10H2,1-4H3;10H,3-9H2,1-2H3. The van der Waals surface area contributed by atoms with Crippen LogP contribution in [0.25, 0.3) is 6.08 Å². The molecule has 0 spiro atoms. The van der Waals surface area contributed by atoms with Crippen LogP contribution >= 0.6 is 11.3 Å². The lowest BCUT2D eigenvalue weighted by Gasteiger charge is -2.27. The number of thiophene rings is 1. The van der Waals surface area contributed by atoms with Crippen LogP contribution in [-0.2, 0) is 11.2 Å². The lowest BCUT2D eigenvalue weighted by Crippen LogP contribution is -2.37. The highest BCUT2D eigenvalue weighted by Crippen LogP contribution is 2.26. The largest absolute Gasteiger partial charge is 0.497 e. The molecule has 0 amide bonds. The average Bonchev–Trinajstić information content (AvgIpc) is 3.11. The molecule has 0 aliphatic carbocycles. The predicted octanol–water partition coefficient (Wildman–Crippen LogP) is 6.83. The summed E-state index contributed by atoms with van der Waals surface area (Å²) in [5.74, 6) is 1.80. The molecule has 1 aliphatic heterocycles. The molecule has 1 atom stereocenters. The summed E-state index contributed by atoms with van der Waals surface area (Å²) in [6, 6.07) is 10.6. The summed E-state index contributed by atoms with van der Waals surface area (Å²) in [5, 5.41) is 0. The lowest BCUT2D eigenvalue weighted by molar-refractivity contribution is 0.0356. The number of nitrogens with zero attached hydrogens (tertiary/aromatic N) is 1. The van der Waals surface area contributed by atoms with Crippen LogP contribution in [0.3, 0.4) is 0 Å². The fourth-order valence-corrected chi connectivity index (χ4v) is 4.53. The zero-order valence-electron chi connectivity index (χ0n) is 20.4. The summed E-state index contributed by atoms with van der Waals surface area (Å²) >= 11 is 1.89.